The highest BCUT2D eigenvalue weighted by molar-refractivity contribution is 4.55. The Labute approximate surface area is 97.9 Å². The highest BCUT2D eigenvalue weighted by Crippen LogP contribution is 2.04. The lowest BCUT2D eigenvalue weighted by Crippen LogP contribution is -2.24. The van der Waals surface area contributed by atoms with E-state index in [0.717, 1.165) is 5.92 Å². The molecule has 0 bridgehead atoms. The molecular formula is C13H32N2. The SMILES string of the molecule is CNCCCCCCCN(C)CC(C)C.[HH]. The topological polar surface area (TPSA) is 15.3 Å². The van der Waals surface area contributed by atoms with Crippen LogP contribution in [0.4, 0.5) is 0 Å². The molecule has 0 radical (unpaired) electrons. The monoisotopic (exact) mass is 216 g/mol. The Kier molecular flexibility index (Phi) is 10.4. The molecule has 0 heterocycles. The van der Waals surface area contributed by atoms with Crippen LogP contribution in [0.15, 0.2) is 0 Å². The van der Waals surface area contributed by atoms with Crippen molar-refractivity contribution in [1.29, 1.82) is 0 Å². The Hall–Kier alpha value is -0.0800. The number of hydrogen-bond acceptors (Lipinski definition) is 2. The maximum absolute atomic E-state index is 3.19. The van der Waals surface area contributed by atoms with E-state index in [1.807, 2.05) is 7.05 Å². The van der Waals surface area contributed by atoms with Crippen molar-refractivity contribution in [3.8, 4) is 0 Å². The molecule has 2 nitrogen and oxygen atoms in total. The van der Waals surface area contributed by atoms with E-state index >= 15 is 0 Å². The van der Waals surface area contributed by atoms with Crippen LogP contribution in [0.3, 0.4) is 0 Å². The average molecular weight is 216 g/mol. The Balaban J connectivity index is 0. The van der Waals surface area contributed by atoms with Crippen molar-refractivity contribution in [2.45, 2.75) is 46.0 Å². The summed E-state index contributed by atoms with van der Waals surface area (Å²) in [6.07, 6.45) is 6.87. The third kappa shape index (κ3) is 11.8. The molecule has 0 aliphatic heterocycles. The number of unbranched alkanes of at least 4 members (excludes halogenated alkanes) is 4. The second-order valence-corrected chi connectivity index (χ2v) is 5.03. The third-order valence-corrected chi connectivity index (χ3v) is 2.64. The second kappa shape index (κ2) is 10.4. The summed E-state index contributed by atoms with van der Waals surface area (Å²) in [7, 11) is 4.27. The van der Waals surface area contributed by atoms with Crippen molar-refractivity contribution >= 4 is 0 Å². The summed E-state index contributed by atoms with van der Waals surface area (Å²) in [6, 6.07) is 0. The standard InChI is InChI=1S/C13H30N2.H2/c1-13(2)12-15(4)11-9-7-5-6-8-10-14-3;/h13-14H,5-12H2,1-4H3;1H. The summed E-state index contributed by atoms with van der Waals surface area (Å²) in [5.74, 6) is 0.797. The van der Waals surface area contributed by atoms with Crippen molar-refractivity contribution in [3.05, 3.63) is 0 Å². The largest absolute Gasteiger partial charge is 0.320 e. The van der Waals surface area contributed by atoms with E-state index in [1.54, 1.807) is 0 Å². The van der Waals surface area contributed by atoms with E-state index in [1.165, 1.54) is 51.7 Å². The van der Waals surface area contributed by atoms with Gasteiger partial charge >= 0.3 is 0 Å². The van der Waals surface area contributed by atoms with Crippen LogP contribution in [0, 0.1) is 5.92 Å². The lowest BCUT2D eigenvalue weighted by Gasteiger charge is -2.18. The van der Waals surface area contributed by atoms with E-state index in [4.69, 9.17) is 0 Å². The highest BCUT2D eigenvalue weighted by Gasteiger charge is 2.00. The molecule has 0 aliphatic carbocycles. The van der Waals surface area contributed by atoms with Gasteiger partial charge in [-0.1, -0.05) is 33.1 Å². The fraction of sp³-hybridized carbons (Fsp3) is 1.00. The van der Waals surface area contributed by atoms with Crippen molar-refractivity contribution in [1.82, 2.24) is 10.2 Å². The van der Waals surface area contributed by atoms with Crippen molar-refractivity contribution in [2.24, 2.45) is 5.92 Å². The van der Waals surface area contributed by atoms with E-state index < -0.39 is 0 Å². The molecule has 94 valence electrons. The second-order valence-electron chi connectivity index (χ2n) is 5.03. The summed E-state index contributed by atoms with van der Waals surface area (Å²) < 4.78 is 0. The van der Waals surface area contributed by atoms with Gasteiger partial charge in [-0.2, -0.15) is 0 Å². The van der Waals surface area contributed by atoms with Crippen LogP contribution < -0.4 is 5.32 Å². The molecule has 2 heteroatoms. The van der Waals surface area contributed by atoms with E-state index in [9.17, 15) is 0 Å². The Morgan fingerprint density at radius 3 is 2.27 bits per heavy atom. The Bertz CT molecular complexity index is 129. The fourth-order valence-corrected chi connectivity index (χ4v) is 1.93. The first-order valence-electron chi connectivity index (χ1n) is 6.50. The van der Waals surface area contributed by atoms with Gasteiger partial charge < -0.3 is 10.2 Å². The van der Waals surface area contributed by atoms with Gasteiger partial charge in [0.15, 0.2) is 0 Å². The molecule has 0 aromatic rings. The van der Waals surface area contributed by atoms with Gasteiger partial charge in [-0.3, -0.25) is 0 Å². The molecule has 0 saturated heterocycles. The quantitative estimate of drug-likeness (QED) is 0.565. The van der Waals surface area contributed by atoms with Crippen LogP contribution in [0.5, 0.6) is 0 Å². The first kappa shape index (κ1) is 14.9. The molecule has 0 unspecified atom stereocenters. The van der Waals surface area contributed by atoms with Gasteiger partial charge in [-0.15, -0.1) is 0 Å². The van der Waals surface area contributed by atoms with Gasteiger partial charge in [0.05, 0.1) is 0 Å². The highest BCUT2D eigenvalue weighted by atomic mass is 15.1. The normalized spacial score (nSPS) is 11.6. The zero-order chi connectivity index (χ0) is 11.5. The maximum atomic E-state index is 3.19. The summed E-state index contributed by atoms with van der Waals surface area (Å²) in [6.45, 7) is 8.25. The maximum Gasteiger partial charge on any atom is 0.000133 e. The minimum atomic E-state index is 0. The molecular weight excluding hydrogens is 184 g/mol. The minimum absolute atomic E-state index is 0. The molecule has 0 atom stereocenters. The molecule has 0 aromatic heterocycles. The minimum Gasteiger partial charge on any atom is -0.320 e. The Morgan fingerprint density at radius 1 is 1.07 bits per heavy atom. The first-order chi connectivity index (χ1) is 7.16. The van der Waals surface area contributed by atoms with Gasteiger partial charge in [-0.05, 0) is 45.9 Å². The van der Waals surface area contributed by atoms with Gasteiger partial charge in [0.2, 0.25) is 0 Å². The van der Waals surface area contributed by atoms with Crippen LogP contribution >= 0.6 is 0 Å². The number of nitrogens with one attached hydrogen (secondary N) is 1. The predicted octanol–water partition coefficient (Wildman–Crippen LogP) is 2.99. The zero-order valence-electron chi connectivity index (χ0n) is 11.2. The van der Waals surface area contributed by atoms with Crippen molar-refractivity contribution < 1.29 is 1.43 Å². The van der Waals surface area contributed by atoms with E-state index in [0.29, 0.717) is 0 Å². The molecule has 0 aromatic carbocycles. The van der Waals surface area contributed by atoms with Gasteiger partial charge in [0, 0.05) is 7.97 Å². The molecule has 0 spiro atoms. The lowest BCUT2D eigenvalue weighted by atomic mass is 10.1. The third-order valence-electron chi connectivity index (χ3n) is 2.64. The summed E-state index contributed by atoms with van der Waals surface area (Å²) >= 11 is 0. The van der Waals surface area contributed by atoms with Gasteiger partial charge in [-0.25, -0.2) is 0 Å². The molecule has 0 aliphatic rings. The number of rotatable bonds is 10. The van der Waals surface area contributed by atoms with E-state index in [-0.39, 0.29) is 1.43 Å². The molecule has 1 N–H and O–H groups in total. The van der Waals surface area contributed by atoms with Crippen LogP contribution in [-0.2, 0) is 0 Å². The fourth-order valence-electron chi connectivity index (χ4n) is 1.93. The molecule has 0 fully saturated rings. The molecule has 0 rings (SSSR count). The van der Waals surface area contributed by atoms with Gasteiger partial charge in [0.1, 0.15) is 0 Å². The molecule has 0 amide bonds. The summed E-state index contributed by atoms with van der Waals surface area (Å²) in [4.78, 5) is 2.46. The van der Waals surface area contributed by atoms with Crippen LogP contribution in [0.2, 0.25) is 0 Å². The first-order valence-corrected chi connectivity index (χ1v) is 6.50. The smallest absolute Gasteiger partial charge is 0.000133 e. The Morgan fingerprint density at radius 2 is 1.67 bits per heavy atom. The molecule has 0 saturated carbocycles. The lowest BCUT2D eigenvalue weighted by molar-refractivity contribution is 0.288. The number of nitrogens with zero attached hydrogens (tertiary/aromatic N) is 1. The van der Waals surface area contributed by atoms with Gasteiger partial charge in [0.25, 0.3) is 0 Å². The van der Waals surface area contributed by atoms with E-state index in [2.05, 4.69) is 31.1 Å². The van der Waals surface area contributed by atoms with Crippen LogP contribution in [0.25, 0.3) is 0 Å². The van der Waals surface area contributed by atoms with Crippen LogP contribution in [-0.4, -0.2) is 38.6 Å². The average Bonchev–Trinajstić information content (AvgIpc) is 2.15. The molecule has 15 heavy (non-hydrogen) atoms. The van der Waals surface area contributed by atoms with Crippen LogP contribution in [0.1, 0.15) is 47.4 Å². The number of hydrogen-bond donors (Lipinski definition) is 1. The summed E-state index contributed by atoms with van der Waals surface area (Å²) in [5.41, 5.74) is 0. The van der Waals surface area contributed by atoms with Crippen molar-refractivity contribution in [2.75, 3.05) is 33.7 Å². The summed E-state index contributed by atoms with van der Waals surface area (Å²) in [5, 5.41) is 3.19. The van der Waals surface area contributed by atoms with Crippen molar-refractivity contribution in [3.63, 3.8) is 0 Å². The predicted molar refractivity (Wildman–Crippen MR) is 71.5 cm³/mol. The zero-order valence-corrected chi connectivity index (χ0v) is 11.2.